The van der Waals surface area contributed by atoms with Crippen LogP contribution in [0.2, 0.25) is 5.15 Å². The largest absolute Gasteiger partial charge is 0.478 e. The molecule has 0 fully saturated rings. The molecular formula is C15H18ClNO2. The number of nitrogens with zero attached hydrogens (tertiary/aromatic N) is 1. The van der Waals surface area contributed by atoms with Gasteiger partial charge in [0.25, 0.3) is 0 Å². The molecule has 0 spiro atoms. The molecule has 102 valence electrons. The number of aromatic carboxylic acids is 1. The highest BCUT2D eigenvalue weighted by molar-refractivity contribution is 6.35. The molecule has 0 aliphatic carbocycles. The number of hydrogen-bond acceptors (Lipinski definition) is 1. The van der Waals surface area contributed by atoms with E-state index in [0.717, 1.165) is 42.3 Å². The molecule has 0 aliphatic rings. The number of rotatable bonds is 5. The van der Waals surface area contributed by atoms with E-state index >= 15 is 0 Å². The number of carbonyl (C=O) groups is 1. The molecule has 0 aliphatic heterocycles. The fraction of sp³-hybridized carbons (Fsp3) is 0.400. The number of carboxylic acids is 1. The maximum atomic E-state index is 11.4. The summed E-state index contributed by atoms with van der Waals surface area (Å²) in [7, 11) is 0. The Morgan fingerprint density at radius 2 is 2.11 bits per heavy atom. The van der Waals surface area contributed by atoms with Crippen molar-refractivity contribution in [1.29, 1.82) is 0 Å². The second kappa shape index (κ2) is 5.66. The molecule has 4 heteroatoms. The van der Waals surface area contributed by atoms with Gasteiger partial charge in [0, 0.05) is 11.9 Å². The maximum Gasteiger partial charge on any atom is 0.339 e. The van der Waals surface area contributed by atoms with Gasteiger partial charge in [-0.05, 0) is 30.5 Å². The van der Waals surface area contributed by atoms with Crippen molar-refractivity contribution in [3.8, 4) is 0 Å². The summed E-state index contributed by atoms with van der Waals surface area (Å²) in [6.07, 6.45) is 2.91. The summed E-state index contributed by atoms with van der Waals surface area (Å²) in [5.74, 6) is -0.960. The molecule has 2 rings (SSSR count). The lowest BCUT2D eigenvalue weighted by molar-refractivity contribution is 0.0699. The number of benzene rings is 1. The Kier molecular flexibility index (Phi) is 4.15. The molecule has 0 amide bonds. The Hall–Kier alpha value is -1.48. The van der Waals surface area contributed by atoms with Crippen LogP contribution in [0.3, 0.4) is 0 Å². The van der Waals surface area contributed by atoms with E-state index in [9.17, 15) is 9.90 Å². The summed E-state index contributed by atoms with van der Waals surface area (Å²) in [6.45, 7) is 4.91. The standard InChI is InChI=1S/C15H18ClNO2/c1-3-5-8-17-12-7-6-10(4-2)9-11(12)13(14(17)16)15(18)19/h6-7,9H,3-5,8H2,1-2H3,(H,18,19). The van der Waals surface area contributed by atoms with Gasteiger partial charge in [0.15, 0.2) is 0 Å². The minimum absolute atomic E-state index is 0.225. The fourth-order valence-corrected chi connectivity index (χ4v) is 2.69. The Labute approximate surface area is 117 Å². The number of carboxylic acid groups (broad SMARTS) is 1. The highest BCUT2D eigenvalue weighted by atomic mass is 35.5. The van der Waals surface area contributed by atoms with Crippen LogP contribution < -0.4 is 0 Å². The number of unbranched alkanes of at least 4 members (excludes halogenated alkanes) is 1. The lowest BCUT2D eigenvalue weighted by atomic mass is 10.1. The molecule has 0 bridgehead atoms. The lowest BCUT2D eigenvalue weighted by Crippen LogP contribution is -2.00. The first-order valence-electron chi connectivity index (χ1n) is 6.64. The van der Waals surface area contributed by atoms with Crippen molar-refractivity contribution >= 4 is 28.5 Å². The van der Waals surface area contributed by atoms with Crippen LogP contribution in [-0.4, -0.2) is 15.6 Å². The molecule has 1 N–H and O–H groups in total. The maximum absolute atomic E-state index is 11.4. The zero-order valence-electron chi connectivity index (χ0n) is 11.2. The van der Waals surface area contributed by atoms with Crippen molar-refractivity contribution in [2.45, 2.75) is 39.7 Å². The Morgan fingerprint density at radius 3 is 2.68 bits per heavy atom. The van der Waals surface area contributed by atoms with Crippen molar-refractivity contribution in [3.05, 3.63) is 34.5 Å². The number of aromatic nitrogens is 1. The van der Waals surface area contributed by atoms with Crippen LogP contribution in [0.1, 0.15) is 42.6 Å². The quantitative estimate of drug-likeness (QED) is 0.884. The summed E-state index contributed by atoms with van der Waals surface area (Å²) in [4.78, 5) is 11.4. The van der Waals surface area contributed by atoms with Crippen LogP contribution in [0.25, 0.3) is 10.9 Å². The third kappa shape index (κ3) is 2.47. The predicted molar refractivity (Wildman–Crippen MR) is 78.2 cm³/mol. The summed E-state index contributed by atoms with van der Waals surface area (Å²) in [5, 5.41) is 10.4. The molecule has 1 heterocycles. The third-order valence-corrected chi connectivity index (χ3v) is 3.81. The smallest absolute Gasteiger partial charge is 0.339 e. The van der Waals surface area contributed by atoms with E-state index in [0.29, 0.717) is 5.15 Å². The molecule has 1 aromatic heterocycles. The van der Waals surface area contributed by atoms with Crippen LogP contribution in [0, 0.1) is 0 Å². The van der Waals surface area contributed by atoms with Gasteiger partial charge in [-0.15, -0.1) is 0 Å². The summed E-state index contributed by atoms with van der Waals surface area (Å²) >= 11 is 6.26. The van der Waals surface area contributed by atoms with Crippen LogP contribution in [0.5, 0.6) is 0 Å². The first kappa shape index (κ1) is 13.9. The minimum Gasteiger partial charge on any atom is -0.478 e. The van der Waals surface area contributed by atoms with Crippen molar-refractivity contribution in [2.75, 3.05) is 0 Å². The van der Waals surface area contributed by atoms with E-state index in [4.69, 9.17) is 11.6 Å². The van der Waals surface area contributed by atoms with E-state index in [-0.39, 0.29) is 5.56 Å². The van der Waals surface area contributed by atoms with Gasteiger partial charge < -0.3 is 9.67 Å². The molecule has 3 nitrogen and oxygen atoms in total. The second-order valence-electron chi connectivity index (χ2n) is 4.68. The molecule has 0 radical (unpaired) electrons. The van der Waals surface area contributed by atoms with Crippen molar-refractivity contribution in [1.82, 2.24) is 4.57 Å². The first-order valence-corrected chi connectivity index (χ1v) is 7.01. The second-order valence-corrected chi connectivity index (χ2v) is 5.04. The van der Waals surface area contributed by atoms with Crippen molar-refractivity contribution in [3.63, 3.8) is 0 Å². The molecule has 2 aromatic rings. The minimum atomic E-state index is -0.960. The topological polar surface area (TPSA) is 42.2 Å². The zero-order chi connectivity index (χ0) is 14.0. The fourth-order valence-electron chi connectivity index (χ4n) is 2.33. The molecular weight excluding hydrogens is 262 g/mol. The molecule has 0 saturated heterocycles. The van der Waals surface area contributed by atoms with Gasteiger partial charge in [-0.2, -0.15) is 0 Å². The highest BCUT2D eigenvalue weighted by Crippen LogP contribution is 2.31. The Morgan fingerprint density at radius 1 is 1.37 bits per heavy atom. The van der Waals surface area contributed by atoms with Crippen LogP contribution in [0.4, 0.5) is 0 Å². The van der Waals surface area contributed by atoms with Gasteiger partial charge in [0.05, 0.1) is 5.52 Å². The predicted octanol–water partition coefficient (Wildman–Crippen LogP) is 4.36. The van der Waals surface area contributed by atoms with Crippen molar-refractivity contribution < 1.29 is 9.90 Å². The molecule has 0 saturated carbocycles. The van der Waals surface area contributed by atoms with Crippen LogP contribution in [-0.2, 0) is 13.0 Å². The summed E-state index contributed by atoms with van der Waals surface area (Å²) in [5.41, 5.74) is 2.26. The van der Waals surface area contributed by atoms with Crippen LogP contribution in [0.15, 0.2) is 18.2 Å². The molecule has 19 heavy (non-hydrogen) atoms. The molecule has 1 aromatic carbocycles. The average Bonchev–Trinajstić information content (AvgIpc) is 2.67. The van der Waals surface area contributed by atoms with E-state index in [1.807, 2.05) is 22.8 Å². The van der Waals surface area contributed by atoms with Crippen LogP contribution >= 0.6 is 11.6 Å². The van der Waals surface area contributed by atoms with Gasteiger partial charge in [-0.25, -0.2) is 4.79 Å². The van der Waals surface area contributed by atoms with Gasteiger partial charge in [-0.1, -0.05) is 37.9 Å². The number of halogens is 1. The Bertz CT molecular complexity index is 616. The SMILES string of the molecule is CCCCn1c(Cl)c(C(=O)O)c2cc(CC)ccc21. The van der Waals surface area contributed by atoms with E-state index in [1.165, 1.54) is 0 Å². The first-order chi connectivity index (χ1) is 9.10. The lowest BCUT2D eigenvalue weighted by Gasteiger charge is -2.06. The molecule has 0 atom stereocenters. The van der Waals surface area contributed by atoms with Gasteiger partial charge >= 0.3 is 5.97 Å². The summed E-state index contributed by atoms with van der Waals surface area (Å²) in [6, 6.07) is 5.95. The zero-order valence-corrected chi connectivity index (χ0v) is 12.0. The van der Waals surface area contributed by atoms with Crippen molar-refractivity contribution in [2.24, 2.45) is 0 Å². The van der Waals surface area contributed by atoms with Gasteiger partial charge in [0.2, 0.25) is 0 Å². The highest BCUT2D eigenvalue weighted by Gasteiger charge is 2.20. The Balaban J connectivity index is 2.68. The summed E-state index contributed by atoms with van der Waals surface area (Å²) < 4.78 is 1.91. The number of fused-ring (bicyclic) bond motifs is 1. The number of hydrogen-bond donors (Lipinski definition) is 1. The average molecular weight is 280 g/mol. The monoisotopic (exact) mass is 279 g/mol. The van der Waals surface area contributed by atoms with Gasteiger partial charge in [-0.3, -0.25) is 0 Å². The van der Waals surface area contributed by atoms with Gasteiger partial charge in [0.1, 0.15) is 10.7 Å². The van der Waals surface area contributed by atoms with E-state index in [1.54, 1.807) is 0 Å². The molecule has 0 unspecified atom stereocenters. The number of aryl methyl sites for hydroxylation is 2. The van der Waals surface area contributed by atoms with E-state index < -0.39 is 5.97 Å². The van der Waals surface area contributed by atoms with E-state index in [2.05, 4.69) is 13.8 Å². The third-order valence-electron chi connectivity index (χ3n) is 3.42. The normalized spacial score (nSPS) is 11.1.